The van der Waals surface area contributed by atoms with Crippen LogP contribution in [0.4, 0.5) is 0 Å². The molecule has 7 atom stereocenters. The van der Waals surface area contributed by atoms with Crippen LogP contribution in [0.3, 0.4) is 0 Å². The number of ether oxygens (including phenoxy) is 4. The first-order valence-electron chi connectivity index (χ1n) is 42.1. The molecule has 0 aliphatic heterocycles. The second-order valence-corrected chi connectivity index (χ2v) is 32.6. The number of hydrogen-bond donors (Lipinski definition) is 3. The molecule has 0 heterocycles. The number of carbonyl (C=O) groups excluding carboxylic acids is 4. The van der Waals surface area contributed by atoms with Gasteiger partial charge in [-0.2, -0.15) is 0 Å². The van der Waals surface area contributed by atoms with Gasteiger partial charge in [-0.05, 0) is 37.5 Å². The van der Waals surface area contributed by atoms with Gasteiger partial charge in [0.1, 0.15) is 19.3 Å². The first-order chi connectivity index (χ1) is 48.4. The fourth-order valence-electron chi connectivity index (χ4n) is 12.5. The van der Waals surface area contributed by atoms with Gasteiger partial charge in [-0.3, -0.25) is 37.3 Å². The van der Waals surface area contributed by atoms with Crippen LogP contribution >= 0.6 is 15.6 Å². The Kier molecular flexibility index (Phi) is 71.2. The Labute approximate surface area is 613 Å². The number of phosphoric acid groups is 2. The quantitative estimate of drug-likeness (QED) is 0.0222. The summed E-state index contributed by atoms with van der Waals surface area (Å²) in [4.78, 5) is 72.7. The Morgan fingerprint density at radius 3 is 0.710 bits per heavy atom. The maximum absolute atomic E-state index is 13.1. The second-order valence-electron chi connectivity index (χ2n) is 29.6. The van der Waals surface area contributed by atoms with E-state index in [0.29, 0.717) is 25.7 Å². The summed E-state index contributed by atoms with van der Waals surface area (Å²) in [6.07, 6.45) is 62.8. The van der Waals surface area contributed by atoms with Gasteiger partial charge in [0.15, 0.2) is 12.2 Å². The average molecular weight is 1470 g/mol. The van der Waals surface area contributed by atoms with E-state index in [0.717, 1.165) is 115 Å². The van der Waals surface area contributed by atoms with Crippen molar-refractivity contribution in [1.29, 1.82) is 0 Å². The summed E-state index contributed by atoms with van der Waals surface area (Å²) in [5.74, 6) is -0.372. The van der Waals surface area contributed by atoms with Crippen molar-refractivity contribution in [3.8, 4) is 0 Å². The van der Waals surface area contributed by atoms with Gasteiger partial charge < -0.3 is 33.8 Å². The van der Waals surface area contributed by atoms with E-state index >= 15 is 0 Å². The molecule has 0 saturated heterocycles. The third kappa shape index (κ3) is 71.7. The lowest BCUT2D eigenvalue weighted by Crippen LogP contribution is -2.30. The molecule has 0 spiro atoms. The van der Waals surface area contributed by atoms with Crippen LogP contribution in [0.1, 0.15) is 427 Å². The molecule has 0 aliphatic rings. The number of esters is 4. The lowest BCUT2D eigenvalue weighted by Gasteiger charge is -2.21. The Bertz CT molecular complexity index is 1930. The van der Waals surface area contributed by atoms with E-state index in [1.54, 1.807) is 0 Å². The van der Waals surface area contributed by atoms with Crippen LogP contribution in [0.2, 0.25) is 0 Å². The molecular weight excluding hydrogens is 1310 g/mol. The molecule has 0 amide bonds. The van der Waals surface area contributed by atoms with Crippen LogP contribution in [-0.4, -0.2) is 96.7 Å². The minimum absolute atomic E-state index is 0.106. The van der Waals surface area contributed by atoms with E-state index in [2.05, 4.69) is 41.5 Å². The molecule has 0 aromatic heterocycles. The zero-order valence-corrected chi connectivity index (χ0v) is 67.3. The van der Waals surface area contributed by atoms with Crippen LogP contribution < -0.4 is 0 Å². The third-order valence-electron chi connectivity index (χ3n) is 19.7. The summed E-state index contributed by atoms with van der Waals surface area (Å²) in [5, 5.41) is 10.6. The number of aliphatic hydroxyl groups excluding tert-OH is 1. The minimum Gasteiger partial charge on any atom is -0.462 e. The van der Waals surface area contributed by atoms with Crippen molar-refractivity contribution in [2.24, 2.45) is 11.8 Å². The summed E-state index contributed by atoms with van der Waals surface area (Å²) in [7, 11) is -9.91. The van der Waals surface area contributed by atoms with Gasteiger partial charge >= 0.3 is 39.5 Å². The first-order valence-corrected chi connectivity index (χ1v) is 45.1. The zero-order chi connectivity index (χ0) is 73.5. The largest absolute Gasteiger partial charge is 0.472 e. The van der Waals surface area contributed by atoms with E-state index in [9.17, 15) is 43.2 Å². The fourth-order valence-corrected chi connectivity index (χ4v) is 14.1. The van der Waals surface area contributed by atoms with Gasteiger partial charge in [-0.25, -0.2) is 9.13 Å². The van der Waals surface area contributed by atoms with Crippen molar-refractivity contribution in [2.75, 3.05) is 39.6 Å². The number of carbonyl (C=O) groups is 4. The topological polar surface area (TPSA) is 237 Å². The maximum Gasteiger partial charge on any atom is 0.472 e. The lowest BCUT2D eigenvalue weighted by atomic mass is 9.99. The van der Waals surface area contributed by atoms with E-state index in [4.69, 9.17) is 37.0 Å². The molecule has 0 bridgehead atoms. The van der Waals surface area contributed by atoms with Crippen molar-refractivity contribution < 1.29 is 80.2 Å². The third-order valence-corrected chi connectivity index (χ3v) is 21.6. The molecule has 0 aromatic carbocycles. The Hall–Kier alpha value is -1.94. The van der Waals surface area contributed by atoms with Crippen LogP contribution in [-0.2, 0) is 65.4 Å². The highest BCUT2D eigenvalue weighted by Gasteiger charge is 2.30. The lowest BCUT2D eigenvalue weighted by molar-refractivity contribution is -0.161. The summed E-state index contributed by atoms with van der Waals surface area (Å²) in [6, 6.07) is 0. The number of aliphatic hydroxyl groups is 1. The molecule has 0 rings (SSSR count). The van der Waals surface area contributed by atoms with Gasteiger partial charge in [0.2, 0.25) is 0 Å². The van der Waals surface area contributed by atoms with Gasteiger partial charge in [-0.15, -0.1) is 0 Å². The summed E-state index contributed by atoms with van der Waals surface area (Å²) >= 11 is 0. The predicted octanol–water partition coefficient (Wildman–Crippen LogP) is 24.3. The highest BCUT2D eigenvalue weighted by molar-refractivity contribution is 7.47. The molecule has 100 heavy (non-hydrogen) atoms. The predicted molar refractivity (Wildman–Crippen MR) is 409 cm³/mol. The first kappa shape index (κ1) is 98.1. The minimum atomic E-state index is -4.96. The van der Waals surface area contributed by atoms with Gasteiger partial charge in [-0.1, -0.05) is 375 Å². The highest BCUT2D eigenvalue weighted by atomic mass is 31.2. The molecule has 17 nitrogen and oxygen atoms in total. The zero-order valence-electron chi connectivity index (χ0n) is 65.5. The van der Waals surface area contributed by atoms with Gasteiger partial charge in [0.25, 0.3) is 0 Å². The van der Waals surface area contributed by atoms with Crippen molar-refractivity contribution in [3.63, 3.8) is 0 Å². The van der Waals surface area contributed by atoms with Crippen LogP contribution in [0.15, 0.2) is 0 Å². The molecule has 0 aromatic rings. The van der Waals surface area contributed by atoms with Gasteiger partial charge in [0.05, 0.1) is 26.4 Å². The molecule has 0 radical (unpaired) electrons. The molecule has 19 heteroatoms. The molecule has 4 unspecified atom stereocenters. The second kappa shape index (κ2) is 72.6. The van der Waals surface area contributed by atoms with Crippen molar-refractivity contribution >= 4 is 39.5 Å². The van der Waals surface area contributed by atoms with E-state index in [1.807, 2.05) is 0 Å². The molecule has 0 aliphatic carbocycles. The van der Waals surface area contributed by atoms with E-state index in [-0.39, 0.29) is 25.7 Å². The number of rotatable bonds is 80. The SMILES string of the molecule is CCCCCCCCCCCC(=O)O[C@H](COC(=O)CCCCCCCCC)COP(=O)(O)OC[C@H](O)COP(=O)(O)OC[C@@H](COC(=O)CCCCCCCCCCCCCCCCCCCCC(C)CC)OC(=O)CCCCCCCCCCCCCCCCCCCCC(C)CC. The fraction of sp³-hybridized carbons (Fsp3) is 0.951. The summed E-state index contributed by atoms with van der Waals surface area (Å²) in [5.41, 5.74) is 0. The smallest absolute Gasteiger partial charge is 0.462 e. The van der Waals surface area contributed by atoms with Gasteiger partial charge in [0, 0.05) is 25.7 Å². The summed E-state index contributed by atoms with van der Waals surface area (Å²) < 4.78 is 68.4. The molecule has 594 valence electrons. The van der Waals surface area contributed by atoms with E-state index in [1.165, 1.54) is 231 Å². The van der Waals surface area contributed by atoms with E-state index < -0.39 is 97.5 Å². The van der Waals surface area contributed by atoms with Crippen molar-refractivity contribution in [1.82, 2.24) is 0 Å². The number of hydrogen-bond acceptors (Lipinski definition) is 15. The maximum atomic E-state index is 13.1. The summed E-state index contributed by atoms with van der Waals surface area (Å²) in [6.45, 7) is 9.70. The van der Waals surface area contributed by atoms with Crippen molar-refractivity contribution in [2.45, 2.75) is 445 Å². The highest BCUT2D eigenvalue weighted by Crippen LogP contribution is 2.45. The molecular formula is C81H158O17P2. The molecule has 3 N–H and O–H groups in total. The Morgan fingerprint density at radius 1 is 0.280 bits per heavy atom. The number of phosphoric ester groups is 2. The van der Waals surface area contributed by atoms with Crippen LogP contribution in [0.25, 0.3) is 0 Å². The average Bonchev–Trinajstić information content (AvgIpc) is 1.01. The van der Waals surface area contributed by atoms with Crippen LogP contribution in [0.5, 0.6) is 0 Å². The molecule has 0 saturated carbocycles. The number of unbranched alkanes of at least 4 members (excludes halogenated alkanes) is 48. The standard InChI is InChI=1S/C81H158O17P2/c1-7-11-13-15-17-38-47-53-59-65-80(85)97-76(69-91-78(83)63-57-51-43-16-14-12-8-2)71-95-99(87,88)93-67-75(82)68-94-100(89,90)96-72-77(98-81(86)66-60-54-48-42-37-33-29-25-21-19-23-27-31-35-40-45-50-56-62-74(6)10-4)70-92-79(84)64-58-52-46-41-36-32-28-24-20-18-22-26-30-34-39-44-49-55-61-73(5)9-3/h73-77,82H,7-72H2,1-6H3,(H,87,88)(H,89,90)/t73?,74?,75-,76+,77+/m0/s1. The monoisotopic (exact) mass is 1470 g/mol. The Morgan fingerprint density at radius 2 is 0.480 bits per heavy atom. The molecule has 0 fully saturated rings. The normalized spacial score (nSPS) is 14.4. The van der Waals surface area contributed by atoms with Crippen molar-refractivity contribution in [3.05, 3.63) is 0 Å². The van der Waals surface area contributed by atoms with Crippen LogP contribution in [0, 0.1) is 11.8 Å². The Balaban J connectivity index is 5.11.